The van der Waals surface area contributed by atoms with Crippen molar-refractivity contribution in [3.63, 3.8) is 0 Å². The highest BCUT2D eigenvalue weighted by atomic mass is 16.5. The van der Waals surface area contributed by atoms with Crippen molar-refractivity contribution < 1.29 is 9.47 Å². The molecule has 4 nitrogen and oxygen atoms in total. The van der Waals surface area contributed by atoms with Gasteiger partial charge in [-0.3, -0.25) is 0 Å². The Kier molecular flexibility index (Phi) is 6.07. The first-order chi connectivity index (χ1) is 16.4. The fourth-order valence-electron chi connectivity index (χ4n) is 4.65. The zero-order chi connectivity index (χ0) is 23.7. The predicted octanol–water partition coefficient (Wildman–Crippen LogP) is 7.41. The molecular weight excluding hydrogens is 420 g/mol. The zero-order valence-electron chi connectivity index (χ0n) is 20.6. The lowest BCUT2D eigenvalue weighted by molar-refractivity contribution is -0.0190. The minimum Gasteiger partial charge on any atom is -0.494 e. The third-order valence-electron chi connectivity index (χ3n) is 6.72. The number of rotatable bonds is 6. The molecule has 0 bridgehead atoms. The van der Waals surface area contributed by atoms with E-state index in [1.165, 1.54) is 11.1 Å². The smallest absolute Gasteiger partial charge is 0.213 e. The van der Waals surface area contributed by atoms with Gasteiger partial charge in [0.15, 0.2) is 0 Å². The third-order valence-corrected chi connectivity index (χ3v) is 6.72. The fourth-order valence-corrected chi connectivity index (χ4v) is 4.65. The van der Waals surface area contributed by atoms with E-state index < -0.39 is 0 Å². The average molecular weight is 455 g/mol. The summed E-state index contributed by atoms with van der Waals surface area (Å²) in [5, 5.41) is 7.25. The highest BCUT2D eigenvalue weighted by molar-refractivity contribution is 6.02. The van der Waals surface area contributed by atoms with E-state index in [9.17, 15) is 0 Å². The molecule has 0 spiro atoms. The fraction of sp³-hybridized carbons (Fsp3) is 0.367. The van der Waals surface area contributed by atoms with Crippen molar-refractivity contribution in [3.8, 4) is 11.5 Å². The van der Waals surface area contributed by atoms with Crippen LogP contribution in [0.2, 0.25) is 0 Å². The van der Waals surface area contributed by atoms with Crippen LogP contribution >= 0.6 is 0 Å². The van der Waals surface area contributed by atoms with E-state index in [0.29, 0.717) is 0 Å². The monoisotopic (exact) mass is 454 g/mol. The summed E-state index contributed by atoms with van der Waals surface area (Å²) < 4.78 is 12.4. The molecule has 2 heterocycles. The number of hydrazone groups is 1. The van der Waals surface area contributed by atoms with Gasteiger partial charge >= 0.3 is 0 Å². The number of unbranched alkanes of at least 4 members (excludes halogenated alkanes) is 1. The molecule has 0 saturated heterocycles. The minimum absolute atomic E-state index is 0.118. The van der Waals surface area contributed by atoms with Crippen LogP contribution < -0.4 is 9.47 Å². The van der Waals surface area contributed by atoms with E-state index in [2.05, 4.69) is 99.4 Å². The second-order valence-corrected chi connectivity index (χ2v) is 10.3. The number of para-hydroxylation sites is 1. The molecule has 0 amide bonds. The van der Waals surface area contributed by atoms with Crippen LogP contribution in [0.4, 0.5) is 0 Å². The summed E-state index contributed by atoms with van der Waals surface area (Å²) in [6.45, 7) is 9.65. The Morgan fingerprint density at radius 1 is 0.971 bits per heavy atom. The Hall–Kier alpha value is -3.27. The van der Waals surface area contributed by atoms with Crippen molar-refractivity contribution in [2.45, 2.75) is 64.6 Å². The first-order valence-electron chi connectivity index (χ1n) is 12.4. The van der Waals surface area contributed by atoms with E-state index in [1.54, 1.807) is 0 Å². The van der Waals surface area contributed by atoms with Crippen LogP contribution in [0.15, 0.2) is 77.9 Å². The number of ether oxygens (including phenoxy) is 2. The predicted molar refractivity (Wildman–Crippen MR) is 138 cm³/mol. The van der Waals surface area contributed by atoms with E-state index in [1.807, 2.05) is 6.07 Å². The Balaban J connectivity index is 1.44. The molecule has 3 aromatic carbocycles. The molecule has 0 unspecified atom stereocenters. The Labute approximate surface area is 203 Å². The molecule has 0 fully saturated rings. The zero-order valence-corrected chi connectivity index (χ0v) is 20.6. The summed E-state index contributed by atoms with van der Waals surface area (Å²) >= 11 is 0. The van der Waals surface area contributed by atoms with Gasteiger partial charge in [-0.15, -0.1) is 0 Å². The Morgan fingerprint density at radius 2 is 1.71 bits per heavy atom. The molecule has 0 saturated carbocycles. The Bertz CT molecular complexity index is 1160. The Morgan fingerprint density at radius 3 is 2.41 bits per heavy atom. The van der Waals surface area contributed by atoms with E-state index in [-0.39, 0.29) is 17.7 Å². The van der Waals surface area contributed by atoms with Crippen LogP contribution in [0.5, 0.6) is 11.5 Å². The second-order valence-electron chi connectivity index (χ2n) is 10.3. The number of hydrogen-bond acceptors (Lipinski definition) is 4. The highest BCUT2D eigenvalue weighted by Crippen LogP contribution is 2.47. The van der Waals surface area contributed by atoms with E-state index >= 15 is 0 Å². The first kappa shape index (κ1) is 22.5. The molecule has 0 radical (unpaired) electrons. The van der Waals surface area contributed by atoms with Gasteiger partial charge in [0.05, 0.1) is 18.4 Å². The maximum absolute atomic E-state index is 6.51. The van der Waals surface area contributed by atoms with Crippen molar-refractivity contribution in [1.29, 1.82) is 0 Å². The van der Waals surface area contributed by atoms with Crippen molar-refractivity contribution in [2.24, 2.45) is 5.10 Å². The standard InChI is InChI=1S/C30H34N2O2/c1-5-6-19-33-24-17-13-21(14-18-24)26-20-27-25-9-7-8-10-28(25)34-29(32(27)31-26)22-11-15-23(16-12-22)30(2,3)4/h7-18,27,29H,5-6,19-20H2,1-4H3/t27-,29+/m0/s1. The molecule has 2 aliphatic rings. The second kappa shape index (κ2) is 9.17. The van der Waals surface area contributed by atoms with Crippen LogP contribution in [-0.4, -0.2) is 17.3 Å². The normalized spacial score (nSPS) is 19.2. The maximum Gasteiger partial charge on any atom is 0.213 e. The van der Waals surface area contributed by atoms with E-state index in [4.69, 9.17) is 14.6 Å². The van der Waals surface area contributed by atoms with E-state index in [0.717, 1.165) is 54.2 Å². The topological polar surface area (TPSA) is 34.1 Å². The summed E-state index contributed by atoms with van der Waals surface area (Å²) in [5.41, 5.74) is 5.97. The van der Waals surface area contributed by atoms with Gasteiger partial charge in [-0.1, -0.05) is 76.6 Å². The molecule has 3 aromatic rings. The number of hydrogen-bond donors (Lipinski definition) is 0. The summed E-state index contributed by atoms with van der Waals surface area (Å²) in [5.74, 6) is 1.86. The summed E-state index contributed by atoms with van der Waals surface area (Å²) in [7, 11) is 0. The molecule has 4 heteroatoms. The lowest BCUT2D eigenvalue weighted by atomic mass is 9.86. The number of benzene rings is 3. The number of nitrogens with zero attached hydrogens (tertiary/aromatic N) is 2. The van der Waals surface area contributed by atoms with Gasteiger partial charge in [0, 0.05) is 17.5 Å². The summed E-state index contributed by atoms with van der Waals surface area (Å²) in [6.07, 6.45) is 2.81. The summed E-state index contributed by atoms with van der Waals surface area (Å²) in [6, 6.07) is 25.7. The lowest BCUT2D eigenvalue weighted by Crippen LogP contribution is -2.33. The largest absolute Gasteiger partial charge is 0.494 e. The van der Waals surface area contributed by atoms with Crippen molar-refractivity contribution >= 4 is 5.71 Å². The van der Waals surface area contributed by atoms with Crippen LogP contribution in [0.3, 0.4) is 0 Å². The molecule has 0 aliphatic carbocycles. The van der Waals surface area contributed by atoms with Crippen LogP contribution in [0, 0.1) is 0 Å². The molecule has 0 aromatic heterocycles. The SMILES string of the molecule is CCCCOc1ccc(C2=NN3[C@@H](c4ccc(C(C)(C)C)cc4)Oc4ccccc4[C@@H]3C2)cc1. The first-order valence-corrected chi connectivity index (χ1v) is 12.4. The van der Waals surface area contributed by atoms with Gasteiger partial charge in [0.2, 0.25) is 6.23 Å². The molecular formula is C30H34N2O2. The van der Waals surface area contributed by atoms with Gasteiger partial charge in [0.25, 0.3) is 0 Å². The van der Waals surface area contributed by atoms with Gasteiger partial charge in [0.1, 0.15) is 11.5 Å². The maximum atomic E-state index is 6.51. The highest BCUT2D eigenvalue weighted by Gasteiger charge is 2.40. The average Bonchev–Trinajstić information content (AvgIpc) is 3.29. The quantitative estimate of drug-likeness (QED) is 0.364. The van der Waals surface area contributed by atoms with Gasteiger partial charge in [-0.05, 0) is 53.3 Å². The minimum atomic E-state index is -0.247. The number of fused-ring (bicyclic) bond motifs is 3. The molecule has 0 N–H and O–H groups in total. The lowest BCUT2D eigenvalue weighted by Gasteiger charge is -2.38. The van der Waals surface area contributed by atoms with Crippen LogP contribution in [0.1, 0.15) is 81.5 Å². The molecule has 5 rings (SSSR count). The molecule has 2 aliphatic heterocycles. The van der Waals surface area contributed by atoms with Gasteiger partial charge in [-0.25, -0.2) is 5.01 Å². The van der Waals surface area contributed by atoms with Crippen molar-refractivity contribution in [3.05, 3.63) is 95.1 Å². The van der Waals surface area contributed by atoms with Gasteiger partial charge in [-0.2, -0.15) is 5.10 Å². The van der Waals surface area contributed by atoms with Crippen LogP contribution in [0.25, 0.3) is 0 Å². The molecule has 34 heavy (non-hydrogen) atoms. The van der Waals surface area contributed by atoms with Crippen molar-refractivity contribution in [2.75, 3.05) is 6.61 Å². The molecule has 176 valence electrons. The summed E-state index contributed by atoms with van der Waals surface area (Å²) in [4.78, 5) is 0. The van der Waals surface area contributed by atoms with Crippen molar-refractivity contribution in [1.82, 2.24) is 5.01 Å². The van der Waals surface area contributed by atoms with Gasteiger partial charge < -0.3 is 9.47 Å². The third kappa shape index (κ3) is 4.42. The van der Waals surface area contributed by atoms with Crippen LogP contribution in [-0.2, 0) is 5.41 Å². The molecule has 2 atom stereocenters.